The van der Waals surface area contributed by atoms with Crippen molar-refractivity contribution >= 4 is 0 Å². The molecule has 0 saturated carbocycles. The number of hydrogen-bond acceptors (Lipinski definition) is 3. The molecule has 1 aliphatic heterocycles. The van der Waals surface area contributed by atoms with Crippen LogP contribution >= 0.6 is 0 Å². The predicted molar refractivity (Wildman–Crippen MR) is 93.2 cm³/mol. The van der Waals surface area contributed by atoms with Crippen molar-refractivity contribution in [1.82, 2.24) is 5.32 Å². The minimum absolute atomic E-state index is 0.254. The van der Waals surface area contributed by atoms with Gasteiger partial charge >= 0.3 is 0 Å². The van der Waals surface area contributed by atoms with Gasteiger partial charge in [-0.1, -0.05) is 24.3 Å². The Bertz CT molecular complexity index is 696. The average molecular weight is 311 g/mol. The molecule has 0 aromatic heterocycles. The SMILES string of the molecule is COc1cc2c(cc1CN[C@@H](C)c1ccccc1C)O[C@@H](C)C2. The molecule has 1 heterocycles. The van der Waals surface area contributed by atoms with E-state index in [1.807, 2.05) is 0 Å². The number of hydrogen-bond donors (Lipinski definition) is 1. The molecule has 0 bridgehead atoms. The van der Waals surface area contributed by atoms with Gasteiger partial charge in [-0.15, -0.1) is 0 Å². The van der Waals surface area contributed by atoms with E-state index < -0.39 is 0 Å². The number of fused-ring (bicyclic) bond motifs is 1. The fourth-order valence-corrected chi connectivity index (χ4v) is 3.26. The summed E-state index contributed by atoms with van der Waals surface area (Å²) < 4.78 is 11.4. The molecule has 0 saturated heterocycles. The van der Waals surface area contributed by atoms with Gasteiger partial charge in [-0.05, 0) is 44.0 Å². The molecular formula is C20H25NO2. The molecular weight excluding hydrogens is 286 g/mol. The molecule has 2 atom stereocenters. The van der Waals surface area contributed by atoms with Crippen molar-refractivity contribution in [3.8, 4) is 11.5 Å². The Balaban J connectivity index is 1.76. The van der Waals surface area contributed by atoms with Crippen LogP contribution in [0.15, 0.2) is 36.4 Å². The molecule has 0 radical (unpaired) electrons. The second-order valence-corrected chi connectivity index (χ2v) is 6.36. The van der Waals surface area contributed by atoms with Crippen molar-refractivity contribution in [3.05, 3.63) is 58.7 Å². The standard InChI is InChI=1S/C20H25NO2/c1-13-7-5-6-8-18(13)15(3)21-12-17-11-20-16(9-14(2)23-20)10-19(17)22-4/h5-8,10-11,14-15,21H,9,12H2,1-4H3/t14-,15-/m0/s1. The smallest absolute Gasteiger partial charge is 0.123 e. The van der Waals surface area contributed by atoms with E-state index in [4.69, 9.17) is 9.47 Å². The van der Waals surface area contributed by atoms with Gasteiger partial charge in [0, 0.05) is 30.1 Å². The highest BCUT2D eigenvalue weighted by Crippen LogP contribution is 2.35. The quantitative estimate of drug-likeness (QED) is 0.898. The molecule has 0 aliphatic carbocycles. The summed E-state index contributed by atoms with van der Waals surface area (Å²) in [6, 6.07) is 13.0. The lowest BCUT2D eigenvalue weighted by molar-refractivity contribution is 0.254. The van der Waals surface area contributed by atoms with E-state index in [1.165, 1.54) is 16.7 Å². The zero-order valence-corrected chi connectivity index (χ0v) is 14.3. The summed E-state index contributed by atoms with van der Waals surface area (Å²) in [5.41, 5.74) is 5.02. The fourth-order valence-electron chi connectivity index (χ4n) is 3.26. The third-order valence-electron chi connectivity index (χ3n) is 4.55. The minimum atomic E-state index is 0.254. The molecule has 0 spiro atoms. The van der Waals surface area contributed by atoms with E-state index >= 15 is 0 Å². The van der Waals surface area contributed by atoms with Crippen molar-refractivity contribution in [2.24, 2.45) is 0 Å². The lowest BCUT2D eigenvalue weighted by atomic mass is 10.0. The molecule has 1 N–H and O–H groups in total. The summed E-state index contributed by atoms with van der Waals surface area (Å²) in [7, 11) is 1.73. The zero-order chi connectivity index (χ0) is 16.4. The summed E-state index contributed by atoms with van der Waals surface area (Å²) in [5.74, 6) is 1.93. The van der Waals surface area contributed by atoms with E-state index in [9.17, 15) is 0 Å². The molecule has 3 heteroatoms. The second kappa shape index (κ2) is 6.63. The maximum Gasteiger partial charge on any atom is 0.123 e. The van der Waals surface area contributed by atoms with Gasteiger partial charge in [0.05, 0.1) is 7.11 Å². The van der Waals surface area contributed by atoms with Gasteiger partial charge in [-0.25, -0.2) is 0 Å². The van der Waals surface area contributed by atoms with Gasteiger partial charge in [-0.3, -0.25) is 0 Å². The maximum absolute atomic E-state index is 5.87. The zero-order valence-electron chi connectivity index (χ0n) is 14.3. The van der Waals surface area contributed by atoms with Crippen LogP contribution in [-0.2, 0) is 13.0 Å². The molecule has 0 fully saturated rings. The fraction of sp³-hybridized carbons (Fsp3) is 0.400. The Morgan fingerprint density at radius 2 is 2.09 bits per heavy atom. The van der Waals surface area contributed by atoms with E-state index in [-0.39, 0.29) is 12.1 Å². The van der Waals surface area contributed by atoms with Crippen LogP contribution in [0.3, 0.4) is 0 Å². The summed E-state index contributed by atoms with van der Waals surface area (Å²) in [6.07, 6.45) is 1.21. The van der Waals surface area contributed by atoms with Crippen LogP contribution in [0.1, 0.15) is 42.1 Å². The topological polar surface area (TPSA) is 30.5 Å². The maximum atomic E-state index is 5.87. The van der Waals surface area contributed by atoms with Crippen LogP contribution in [-0.4, -0.2) is 13.2 Å². The van der Waals surface area contributed by atoms with Crippen LogP contribution in [0.4, 0.5) is 0 Å². The Kier molecular flexibility index (Phi) is 4.58. The lowest BCUT2D eigenvalue weighted by Crippen LogP contribution is -2.19. The molecule has 122 valence electrons. The summed E-state index contributed by atoms with van der Waals surface area (Å²) in [5, 5.41) is 3.60. The molecule has 2 aromatic carbocycles. The van der Waals surface area contributed by atoms with E-state index in [2.05, 4.69) is 62.5 Å². The monoisotopic (exact) mass is 311 g/mol. The minimum Gasteiger partial charge on any atom is -0.496 e. The van der Waals surface area contributed by atoms with Gasteiger partial charge in [-0.2, -0.15) is 0 Å². The Labute approximate surface area is 138 Å². The second-order valence-electron chi connectivity index (χ2n) is 6.36. The Hall–Kier alpha value is -2.00. The van der Waals surface area contributed by atoms with Crippen molar-refractivity contribution in [3.63, 3.8) is 0 Å². The van der Waals surface area contributed by atoms with Crippen molar-refractivity contribution in [1.29, 1.82) is 0 Å². The van der Waals surface area contributed by atoms with E-state index in [0.29, 0.717) is 0 Å². The number of rotatable bonds is 5. The third-order valence-corrected chi connectivity index (χ3v) is 4.55. The van der Waals surface area contributed by atoms with Crippen molar-refractivity contribution < 1.29 is 9.47 Å². The largest absolute Gasteiger partial charge is 0.496 e. The molecule has 0 unspecified atom stereocenters. The molecule has 23 heavy (non-hydrogen) atoms. The first-order valence-corrected chi connectivity index (χ1v) is 8.24. The van der Waals surface area contributed by atoms with Gasteiger partial charge in [0.15, 0.2) is 0 Å². The number of nitrogens with one attached hydrogen (secondary N) is 1. The highest BCUT2D eigenvalue weighted by atomic mass is 16.5. The highest BCUT2D eigenvalue weighted by Gasteiger charge is 2.21. The van der Waals surface area contributed by atoms with Crippen LogP contribution in [0, 0.1) is 6.92 Å². The number of methoxy groups -OCH3 is 1. The summed E-state index contributed by atoms with van der Waals surface area (Å²) >= 11 is 0. The molecule has 3 rings (SSSR count). The highest BCUT2D eigenvalue weighted by molar-refractivity contribution is 5.48. The number of ether oxygens (including phenoxy) is 2. The van der Waals surface area contributed by atoms with Gasteiger partial charge < -0.3 is 14.8 Å². The first kappa shape index (κ1) is 15.9. The Morgan fingerprint density at radius 1 is 1.30 bits per heavy atom. The summed E-state index contributed by atoms with van der Waals surface area (Å²) in [4.78, 5) is 0. The van der Waals surface area contributed by atoms with Crippen molar-refractivity contribution in [2.45, 2.75) is 45.9 Å². The molecule has 2 aromatic rings. The van der Waals surface area contributed by atoms with Gasteiger partial charge in [0.25, 0.3) is 0 Å². The lowest BCUT2D eigenvalue weighted by Gasteiger charge is -2.18. The number of aryl methyl sites for hydroxylation is 1. The molecule has 3 nitrogen and oxygen atoms in total. The third kappa shape index (κ3) is 3.35. The number of benzene rings is 2. The predicted octanol–water partition coefficient (Wildman–Crippen LogP) is 4.18. The molecule has 1 aliphatic rings. The van der Waals surface area contributed by atoms with E-state index in [1.54, 1.807) is 7.11 Å². The van der Waals surface area contributed by atoms with Crippen molar-refractivity contribution in [2.75, 3.05) is 7.11 Å². The average Bonchev–Trinajstić information content (AvgIpc) is 2.90. The van der Waals surface area contributed by atoms with Gasteiger partial charge in [0.1, 0.15) is 17.6 Å². The van der Waals surface area contributed by atoms with Gasteiger partial charge in [0.2, 0.25) is 0 Å². The molecule has 0 amide bonds. The van der Waals surface area contributed by atoms with Crippen LogP contribution in [0.5, 0.6) is 11.5 Å². The van der Waals surface area contributed by atoms with Crippen LogP contribution < -0.4 is 14.8 Å². The Morgan fingerprint density at radius 3 is 2.83 bits per heavy atom. The first-order valence-electron chi connectivity index (χ1n) is 8.24. The first-order chi connectivity index (χ1) is 11.1. The summed E-state index contributed by atoms with van der Waals surface area (Å²) in [6.45, 7) is 7.20. The normalized spacial score (nSPS) is 17.5. The van der Waals surface area contributed by atoms with Crippen LogP contribution in [0.25, 0.3) is 0 Å². The van der Waals surface area contributed by atoms with Crippen LogP contribution in [0.2, 0.25) is 0 Å². The van der Waals surface area contributed by atoms with E-state index in [0.717, 1.165) is 30.0 Å².